The summed E-state index contributed by atoms with van der Waals surface area (Å²) in [5.41, 5.74) is 0.613. The van der Waals surface area contributed by atoms with Crippen molar-refractivity contribution in [2.45, 2.75) is 13.0 Å². The van der Waals surface area contributed by atoms with Gasteiger partial charge in [-0.3, -0.25) is 4.98 Å². The molecule has 1 N–H and O–H groups in total. The second kappa shape index (κ2) is 5.36. The summed E-state index contributed by atoms with van der Waals surface area (Å²) in [7, 11) is 0. The van der Waals surface area contributed by atoms with Crippen LogP contribution < -0.4 is 4.74 Å². The Morgan fingerprint density at radius 1 is 1.29 bits per heavy atom. The highest BCUT2D eigenvalue weighted by molar-refractivity contribution is 5.27. The molecule has 0 aliphatic rings. The lowest BCUT2D eigenvalue weighted by atomic mass is 10.1. The van der Waals surface area contributed by atoms with E-state index in [2.05, 4.69) is 15.0 Å². The zero-order valence-corrected chi connectivity index (χ0v) is 9.45. The van der Waals surface area contributed by atoms with Crippen LogP contribution in [-0.2, 0) is 0 Å². The quantitative estimate of drug-likeness (QED) is 0.860. The van der Waals surface area contributed by atoms with Gasteiger partial charge in [-0.1, -0.05) is 0 Å². The fourth-order valence-corrected chi connectivity index (χ4v) is 1.43. The van der Waals surface area contributed by atoms with Gasteiger partial charge in [-0.15, -0.1) is 0 Å². The van der Waals surface area contributed by atoms with Gasteiger partial charge in [0.1, 0.15) is 11.9 Å². The lowest BCUT2D eigenvalue weighted by molar-refractivity contribution is 0.208. The Bertz CT molecular complexity index is 476. The van der Waals surface area contributed by atoms with Gasteiger partial charge in [0.2, 0.25) is 0 Å². The van der Waals surface area contributed by atoms with Crippen LogP contribution in [0.4, 0.5) is 0 Å². The van der Waals surface area contributed by atoms with Gasteiger partial charge in [0.15, 0.2) is 5.82 Å². The molecule has 5 nitrogen and oxygen atoms in total. The molecule has 17 heavy (non-hydrogen) atoms. The first-order valence-electron chi connectivity index (χ1n) is 5.34. The molecule has 1 unspecified atom stereocenters. The summed E-state index contributed by atoms with van der Waals surface area (Å²) in [6.45, 7) is 2.45. The van der Waals surface area contributed by atoms with E-state index in [0.717, 1.165) is 0 Å². The molecule has 0 aromatic carbocycles. The van der Waals surface area contributed by atoms with Crippen LogP contribution in [-0.4, -0.2) is 26.7 Å². The van der Waals surface area contributed by atoms with Crippen LogP contribution in [0.5, 0.6) is 5.75 Å². The monoisotopic (exact) mass is 231 g/mol. The van der Waals surface area contributed by atoms with E-state index in [1.54, 1.807) is 36.9 Å². The van der Waals surface area contributed by atoms with Crippen molar-refractivity contribution < 1.29 is 9.84 Å². The van der Waals surface area contributed by atoms with Crippen molar-refractivity contribution in [2.75, 3.05) is 6.61 Å². The second-order valence-electron chi connectivity index (χ2n) is 3.40. The highest BCUT2D eigenvalue weighted by atomic mass is 16.5. The number of hydrogen-bond acceptors (Lipinski definition) is 5. The minimum Gasteiger partial charge on any atom is -0.492 e. The van der Waals surface area contributed by atoms with Crippen LogP contribution >= 0.6 is 0 Å². The molecule has 0 aliphatic carbocycles. The maximum Gasteiger partial charge on any atom is 0.161 e. The molecular formula is C12H13N3O2. The van der Waals surface area contributed by atoms with E-state index in [-0.39, 0.29) is 0 Å². The summed E-state index contributed by atoms with van der Waals surface area (Å²) in [5.74, 6) is 0.975. The molecule has 88 valence electrons. The molecule has 0 radical (unpaired) electrons. The lowest BCUT2D eigenvalue weighted by Crippen LogP contribution is -2.05. The average molecular weight is 231 g/mol. The predicted molar refractivity (Wildman–Crippen MR) is 61.5 cm³/mol. The number of nitrogens with zero attached hydrogens (tertiary/aromatic N) is 3. The Hall–Kier alpha value is -2.01. The third-order valence-corrected chi connectivity index (χ3v) is 2.19. The maximum atomic E-state index is 10.1. The Kier molecular flexibility index (Phi) is 3.62. The minimum atomic E-state index is -0.885. The molecular weight excluding hydrogens is 218 g/mol. The van der Waals surface area contributed by atoms with Gasteiger partial charge in [0.05, 0.1) is 12.8 Å². The molecule has 5 heteroatoms. The number of aliphatic hydroxyl groups excluding tert-OH is 1. The van der Waals surface area contributed by atoms with Gasteiger partial charge in [-0.05, 0) is 19.1 Å². The summed E-state index contributed by atoms with van der Waals surface area (Å²) in [4.78, 5) is 12.0. The molecule has 2 aromatic heterocycles. The number of rotatable bonds is 4. The molecule has 1 atom stereocenters. The first-order valence-corrected chi connectivity index (χ1v) is 5.34. The molecule has 2 heterocycles. The lowest BCUT2D eigenvalue weighted by Gasteiger charge is -2.10. The van der Waals surface area contributed by atoms with Crippen molar-refractivity contribution in [3.05, 3.63) is 48.3 Å². The number of aromatic nitrogens is 3. The van der Waals surface area contributed by atoms with Crippen molar-refractivity contribution in [1.82, 2.24) is 15.0 Å². The predicted octanol–water partition coefficient (Wildman–Crippen LogP) is 1.35. The Labute approximate surface area is 99.2 Å². The zero-order valence-electron chi connectivity index (χ0n) is 9.45. The maximum absolute atomic E-state index is 10.1. The highest BCUT2D eigenvalue weighted by Crippen LogP contribution is 2.21. The van der Waals surface area contributed by atoms with Crippen LogP contribution in [0.3, 0.4) is 0 Å². The van der Waals surface area contributed by atoms with Crippen molar-refractivity contribution in [1.29, 1.82) is 0 Å². The summed E-state index contributed by atoms with van der Waals surface area (Å²) in [6.07, 6.45) is 5.47. The van der Waals surface area contributed by atoms with Crippen LogP contribution in [0.2, 0.25) is 0 Å². The number of hydrogen-bond donors (Lipinski definition) is 1. The summed E-state index contributed by atoms with van der Waals surface area (Å²) >= 11 is 0. The van der Waals surface area contributed by atoms with E-state index in [9.17, 15) is 5.11 Å². The molecule has 2 rings (SSSR count). The number of ether oxygens (including phenoxy) is 1. The largest absolute Gasteiger partial charge is 0.492 e. The topological polar surface area (TPSA) is 68.1 Å². The SMILES string of the molecule is CCOc1cncc(C(O)c2ncccn2)c1. The highest BCUT2D eigenvalue weighted by Gasteiger charge is 2.13. The summed E-state index contributed by atoms with van der Waals surface area (Å²) in [5, 5.41) is 10.1. The minimum absolute atomic E-state index is 0.350. The molecule has 0 spiro atoms. The van der Waals surface area contributed by atoms with E-state index >= 15 is 0 Å². The van der Waals surface area contributed by atoms with Gasteiger partial charge in [-0.2, -0.15) is 0 Å². The summed E-state index contributed by atoms with van der Waals surface area (Å²) < 4.78 is 5.32. The van der Waals surface area contributed by atoms with Gasteiger partial charge < -0.3 is 9.84 Å². The third-order valence-electron chi connectivity index (χ3n) is 2.19. The van der Waals surface area contributed by atoms with Crippen LogP contribution in [0.25, 0.3) is 0 Å². The molecule has 0 bridgehead atoms. The van der Waals surface area contributed by atoms with Gasteiger partial charge in [0, 0.05) is 24.2 Å². The van der Waals surface area contributed by atoms with E-state index in [4.69, 9.17) is 4.74 Å². The van der Waals surface area contributed by atoms with Crippen molar-refractivity contribution in [3.8, 4) is 5.75 Å². The van der Waals surface area contributed by atoms with Crippen molar-refractivity contribution in [2.24, 2.45) is 0 Å². The fraction of sp³-hybridized carbons (Fsp3) is 0.250. The van der Waals surface area contributed by atoms with E-state index in [1.165, 1.54) is 0 Å². The average Bonchev–Trinajstić information content (AvgIpc) is 2.40. The molecule has 0 aliphatic heterocycles. The smallest absolute Gasteiger partial charge is 0.161 e. The van der Waals surface area contributed by atoms with Gasteiger partial charge >= 0.3 is 0 Å². The molecule has 0 saturated carbocycles. The van der Waals surface area contributed by atoms with Crippen LogP contribution in [0.1, 0.15) is 24.4 Å². The Balaban J connectivity index is 2.25. The second-order valence-corrected chi connectivity index (χ2v) is 3.40. The zero-order chi connectivity index (χ0) is 12.1. The van der Waals surface area contributed by atoms with Crippen LogP contribution in [0.15, 0.2) is 36.9 Å². The number of aliphatic hydroxyl groups is 1. The van der Waals surface area contributed by atoms with Gasteiger partial charge in [-0.25, -0.2) is 9.97 Å². The number of pyridine rings is 1. The van der Waals surface area contributed by atoms with Crippen molar-refractivity contribution in [3.63, 3.8) is 0 Å². The summed E-state index contributed by atoms with van der Waals surface area (Å²) in [6, 6.07) is 3.43. The molecule has 0 fully saturated rings. The Morgan fingerprint density at radius 2 is 2.06 bits per heavy atom. The molecule has 0 amide bonds. The fourth-order valence-electron chi connectivity index (χ4n) is 1.43. The molecule has 0 saturated heterocycles. The van der Waals surface area contributed by atoms with Gasteiger partial charge in [0.25, 0.3) is 0 Å². The third kappa shape index (κ3) is 2.76. The first kappa shape index (κ1) is 11.5. The standard InChI is InChI=1S/C12H13N3O2/c1-2-17-10-6-9(7-13-8-10)11(16)12-14-4-3-5-15-12/h3-8,11,16H,2H2,1H3. The van der Waals surface area contributed by atoms with E-state index in [1.807, 2.05) is 6.92 Å². The van der Waals surface area contributed by atoms with Crippen LogP contribution in [0, 0.1) is 0 Å². The first-order chi connectivity index (χ1) is 8.31. The van der Waals surface area contributed by atoms with E-state index < -0.39 is 6.10 Å². The van der Waals surface area contributed by atoms with Crippen molar-refractivity contribution >= 4 is 0 Å². The molecule has 2 aromatic rings. The van der Waals surface area contributed by atoms with E-state index in [0.29, 0.717) is 23.7 Å². The Morgan fingerprint density at radius 3 is 2.76 bits per heavy atom. The normalized spacial score (nSPS) is 12.1.